The highest BCUT2D eigenvalue weighted by Gasteiger charge is 2.47. The summed E-state index contributed by atoms with van der Waals surface area (Å²) in [5, 5.41) is 20.0. The lowest BCUT2D eigenvalue weighted by atomic mass is 9.99. The van der Waals surface area contributed by atoms with Gasteiger partial charge in [-0.2, -0.15) is 10.4 Å². The van der Waals surface area contributed by atoms with Crippen LogP contribution in [-0.2, 0) is 4.79 Å². The second-order valence-electron chi connectivity index (χ2n) is 8.17. The first-order valence-electron chi connectivity index (χ1n) is 10.5. The molecule has 1 atom stereocenters. The minimum Gasteiger partial charge on any atom is -0.343 e. The Balaban J connectivity index is 1.38. The highest BCUT2D eigenvalue weighted by Crippen LogP contribution is 2.32. The Bertz CT molecular complexity index is 1480. The van der Waals surface area contributed by atoms with Crippen LogP contribution in [0, 0.1) is 11.3 Å². The second-order valence-corrected chi connectivity index (χ2v) is 8.17. The van der Waals surface area contributed by atoms with Crippen molar-refractivity contribution in [2.24, 2.45) is 0 Å². The van der Waals surface area contributed by atoms with E-state index in [-0.39, 0.29) is 0 Å². The Morgan fingerprint density at radius 3 is 2.82 bits per heavy atom. The summed E-state index contributed by atoms with van der Waals surface area (Å²) in [5.74, 6) is -4.38. The quantitative estimate of drug-likeness (QED) is 0.485. The average molecular weight is 460 g/mol. The fourth-order valence-corrected chi connectivity index (χ4v) is 4.19. The third-order valence-corrected chi connectivity index (χ3v) is 5.90. The summed E-state index contributed by atoms with van der Waals surface area (Å²) in [6, 6.07) is 13.4. The van der Waals surface area contributed by atoms with Crippen LogP contribution in [0.15, 0.2) is 54.9 Å². The molecule has 8 nitrogen and oxygen atoms in total. The van der Waals surface area contributed by atoms with Crippen molar-refractivity contribution in [3.8, 4) is 17.2 Å². The molecule has 170 valence electrons. The highest BCUT2D eigenvalue weighted by molar-refractivity contribution is 6.07. The number of likely N-dealkylation sites (tertiary alicyclic amines) is 1. The van der Waals surface area contributed by atoms with Crippen LogP contribution in [0.2, 0.25) is 0 Å². The number of nitrogens with zero attached hydrogens (tertiary/aromatic N) is 4. The van der Waals surface area contributed by atoms with Crippen LogP contribution in [0.3, 0.4) is 0 Å². The van der Waals surface area contributed by atoms with E-state index in [0.29, 0.717) is 16.5 Å². The molecule has 0 saturated carbocycles. The molecule has 2 aromatic heterocycles. The highest BCUT2D eigenvalue weighted by atomic mass is 19.3. The van der Waals surface area contributed by atoms with Crippen molar-refractivity contribution in [1.29, 1.82) is 5.26 Å². The van der Waals surface area contributed by atoms with Crippen LogP contribution in [0.4, 0.5) is 8.78 Å². The third-order valence-electron chi connectivity index (χ3n) is 5.90. The molecule has 0 aliphatic carbocycles. The lowest BCUT2D eigenvalue weighted by molar-refractivity contribution is -0.131. The molecule has 1 aliphatic rings. The molecule has 2 amide bonds. The molecule has 1 unspecified atom stereocenters. The molecular weight excluding hydrogens is 442 g/mol. The van der Waals surface area contributed by atoms with Crippen LogP contribution >= 0.6 is 0 Å². The molecule has 1 fully saturated rings. The van der Waals surface area contributed by atoms with Crippen LogP contribution in [-0.4, -0.2) is 56.9 Å². The molecule has 4 aromatic rings. The summed E-state index contributed by atoms with van der Waals surface area (Å²) in [6.45, 7) is -1.32. The van der Waals surface area contributed by atoms with E-state index in [1.807, 2.05) is 30.3 Å². The summed E-state index contributed by atoms with van der Waals surface area (Å²) in [4.78, 5) is 30.5. The smallest absolute Gasteiger partial charge is 0.268 e. The third kappa shape index (κ3) is 3.92. The SMILES string of the molecule is N#CC1CC(F)(F)CN1C(=O)CNC(=O)c1ccnc2ccc(-c3ccc4[nH]ncc4c3)cc12. The van der Waals surface area contributed by atoms with E-state index in [9.17, 15) is 18.4 Å². The number of fused-ring (bicyclic) bond motifs is 2. The molecule has 3 heterocycles. The molecular formula is C24H18F2N6O2. The summed E-state index contributed by atoms with van der Waals surface area (Å²) in [6.07, 6.45) is 2.51. The fourth-order valence-electron chi connectivity index (χ4n) is 4.19. The van der Waals surface area contributed by atoms with Crippen molar-refractivity contribution in [3.05, 3.63) is 60.4 Å². The van der Waals surface area contributed by atoms with Crippen molar-refractivity contribution in [2.45, 2.75) is 18.4 Å². The Labute approximate surface area is 192 Å². The summed E-state index contributed by atoms with van der Waals surface area (Å²) < 4.78 is 27.3. The first-order chi connectivity index (χ1) is 16.3. The maximum Gasteiger partial charge on any atom is 0.268 e. The molecule has 10 heteroatoms. The van der Waals surface area contributed by atoms with E-state index in [1.165, 1.54) is 12.3 Å². The predicted octanol–water partition coefficient (Wildman–Crippen LogP) is 3.27. The van der Waals surface area contributed by atoms with Gasteiger partial charge in [-0.05, 0) is 41.5 Å². The monoisotopic (exact) mass is 460 g/mol. The number of H-pyrrole nitrogens is 1. The number of carbonyl (C=O) groups excluding carboxylic acids is 2. The van der Waals surface area contributed by atoms with Crippen molar-refractivity contribution >= 4 is 33.6 Å². The van der Waals surface area contributed by atoms with E-state index in [0.717, 1.165) is 26.9 Å². The molecule has 1 saturated heterocycles. The van der Waals surface area contributed by atoms with Crippen LogP contribution < -0.4 is 5.32 Å². The van der Waals surface area contributed by atoms with Crippen LogP contribution in [0.5, 0.6) is 0 Å². The number of hydrogen-bond acceptors (Lipinski definition) is 5. The number of pyridine rings is 1. The number of aromatic nitrogens is 3. The van der Waals surface area contributed by atoms with Gasteiger partial charge in [0.15, 0.2) is 0 Å². The lowest BCUT2D eigenvalue weighted by Crippen LogP contribution is -2.43. The zero-order valence-electron chi connectivity index (χ0n) is 17.8. The first kappa shape index (κ1) is 21.5. The number of carbonyl (C=O) groups is 2. The predicted molar refractivity (Wildman–Crippen MR) is 120 cm³/mol. The summed E-state index contributed by atoms with van der Waals surface area (Å²) in [5.41, 5.74) is 3.59. The molecule has 1 aliphatic heterocycles. The van der Waals surface area contributed by atoms with Crippen molar-refractivity contribution in [1.82, 2.24) is 25.4 Å². The van der Waals surface area contributed by atoms with Gasteiger partial charge in [-0.15, -0.1) is 0 Å². The van der Waals surface area contributed by atoms with Crippen molar-refractivity contribution < 1.29 is 18.4 Å². The topological polar surface area (TPSA) is 115 Å². The zero-order chi connectivity index (χ0) is 23.9. The maximum atomic E-state index is 13.6. The molecule has 0 radical (unpaired) electrons. The number of hydrogen-bond donors (Lipinski definition) is 2. The van der Waals surface area contributed by atoms with Gasteiger partial charge in [0.05, 0.1) is 42.0 Å². The van der Waals surface area contributed by atoms with Gasteiger partial charge in [0.25, 0.3) is 11.8 Å². The number of nitrogens with one attached hydrogen (secondary N) is 2. The number of nitriles is 1. The molecule has 0 spiro atoms. The minimum atomic E-state index is -3.11. The standard InChI is InChI=1S/C24H18F2N6O2/c25-24(26)9-17(10-27)32(13-24)22(33)12-29-23(34)18-5-6-28-21-4-2-15(8-19(18)21)14-1-3-20-16(7-14)11-30-31-20/h1-8,11,17H,9,12-13H2,(H,29,34)(H,30,31). The second kappa shape index (κ2) is 8.19. The minimum absolute atomic E-state index is 0.299. The van der Waals surface area contributed by atoms with E-state index in [4.69, 9.17) is 5.26 Å². The number of alkyl halides is 2. The van der Waals surface area contributed by atoms with Gasteiger partial charge in [0, 0.05) is 23.4 Å². The van der Waals surface area contributed by atoms with E-state index in [1.54, 1.807) is 18.3 Å². The zero-order valence-corrected chi connectivity index (χ0v) is 17.8. The van der Waals surface area contributed by atoms with Gasteiger partial charge >= 0.3 is 0 Å². The van der Waals surface area contributed by atoms with Gasteiger partial charge in [-0.3, -0.25) is 19.7 Å². The molecule has 34 heavy (non-hydrogen) atoms. The van der Waals surface area contributed by atoms with Gasteiger partial charge in [-0.25, -0.2) is 8.78 Å². The fraction of sp³-hybridized carbons (Fsp3) is 0.208. The summed E-state index contributed by atoms with van der Waals surface area (Å²) in [7, 11) is 0. The van der Waals surface area contributed by atoms with E-state index >= 15 is 0 Å². The number of aromatic amines is 1. The van der Waals surface area contributed by atoms with Gasteiger partial charge in [0.2, 0.25) is 5.91 Å². The van der Waals surface area contributed by atoms with E-state index < -0.39 is 43.3 Å². The van der Waals surface area contributed by atoms with Crippen molar-refractivity contribution in [2.75, 3.05) is 13.1 Å². The number of amides is 2. The number of benzene rings is 2. The van der Waals surface area contributed by atoms with Crippen molar-refractivity contribution in [3.63, 3.8) is 0 Å². The van der Waals surface area contributed by atoms with E-state index in [2.05, 4.69) is 20.5 Å². The van der Waals surface area contributed by atoms with Gasteiger partial charge < -0.3 is 10.2 Å². The Morgan fingerprint density at radius 2 is 2.00 bits per heavy atom. The molecule has 2 N–H and O–H groups in total. The average Bonchev–Trinajstić information content (AvgIpc) is 3.44. The molecule has 5 rings (SSSR count). The van der Waals surface area contributed by atoms with Crippen LogP contribution in [0.1, 0.15) is 16.8 Å². The van der Waals surface area contributed by atoms with Gasteiger partial charge in [0.1, 0.15) is 6.04 Å². The molecule has 0 bridgehead atoms. The summed E-state index contributed by atoms with van der Waals surface area (Å²) >= 11 is 0. The number of halogens is 2. The lowest BCUT2D eigenvalue weighted by Gasteiger charge is -2.19. The Morgan fingerprint density at radius 1 is 1.21 bits per heavy atom. The maximum absolute atomic E-state index is 13.6. The number of rotatable bonds is 4. The largest absolute Gasteiger partial charge is 0.343 e. The normalized spacial score (nSPS) is 17.1. The Hall–Kier alpha value is -4.39. The Kier molecular flexibility index (Phi) is 5.17. The molecule has 2 aromatic carbocycles. The van der Waals surface area contributed by atoms with Crippen LogP contribution in [0.25, 0.3) is 32.9 Å². The van der Waals surface area contributed by atoms with Gasteiger partial charge in [-0.1, -0.05) is 12.1 Å². The first-order valence-corrected chi connectivity index (χ1v) is 10.5.